The van der Waals surface area contributed by atoms with Crippen molar-refractivity contribution < 1.29 is 4.79 Å². The zero-order valence-electron chi connectivity index (χ0n) is 10.7. The minimum absolute atomic E-state index is 0.154. The molecule has 1 amide bonds. The van der Waals surface area contributed by atoms with Crippen molar-refractivity contribution in [2.75, 3.05) is 0 Å². The Morgan fingerprint density at radius 2 is 1.84 bits per heavy atom. The highest BCUT2D eigenvalue weighted by Crippen LogP contribution is 2.05. The van der Waals surface area contributed by atoms with Crippen LogP contribution in [0.1, 0.15) is 18.2 Å². The van der Waals surface area contributed by atoms with E-state index < -0.39 is 0 Å². The topological polar surface area (TPSA) is 90.1 Å². The van der Waals surface area contributed by atoms with E-state index in [1.807, 2.05) is 6.92 Å². The SMILES string of the molecule is CC1=NNC(=O)/C1=C\C=CC=Cc1c(C)[nH][nH]c1=O. The minimum atomic E-state index is -0.205. The van der Waals surface area contributed by atoms with Crippen molar-refractivity contribution in [3.63, 3.8) is 0 Å². The molecule has 0 unspecified atom stereocenters. The molecule has 0 saturated carbocycles. The molecule has 0 aliphatic carbocycles. The first-order valence-corrected chi connectivity index (χ1v) is 5.77. The highest BCUT2D eigenvalue weighted by Gasteiger charge is 2.16. The molecule has 3 N–H and O–H groups in total. The van der Waals surface area contributed by atoms with Crippen molar-refractivity contribution >= 4 is 17.7 Å². The molecule has 2 rings (SSSR count). The van der Waals surface area contributed by atoms with Crippen LogP contribution >= 0.6 is 0 Å². The van der Waals surface area contributed by atoms with Crippen molar-refractivity contribution in [3.8, 4) is 0 Å². The lowest BCUT2D eigenvalue weighted by atomic mass is 10.1. The number of carbonyl (C=O) groups excluding carboxylic acids is 1. The lowest BCUT2D eigenvalue weighted by Gasteiger charge is -1.89. The Morgan fingerprint density at radius 1 is 1.05 bits per heavy atom. The van der Waals surface area contributed by atoms with Gasteiger partial charge in [0.15, 0.2) is 0 Å². The molecule has 19 heavy (non-hydrogen) atoms. The molecule has 1 aromatic rings. The van der Waals surface area contributed by atoms with Gasteiger partial charge in [-0.05, 0) is 26.0 Å². The van der Waals surface area contributed by atoms with Crippen molar-refractivity contribution in [2.24, 2.45) is 5.10 Å². The van der Waals surface area contributed by atoms with Gasteiger partial charge in [0.25, 0.3) is 11.5 Å². The van der Waals surface area contributed by atoms with Gasteiger partial charge in [0.1, 0.15) is 0 Å². The van der Waals surface area contributed by atoms with Crippen molar-refractivity contribution in [3.05, 3.63) is 51.5 Å². The molecule has 2 heterocycles. The lowest BCUT2D eigenvalue weighted by molar-refractivity contribution is -0.116. The second-order valence-corrected chi connectivity index (χ2v) is 4.08. The van der Waals surface area contributed by atoms with Crippen LogP contribution in [0.2, 0.25) is 0 Å². The van der Waals surface area contributed by atoms with Crippen molar-refractivity contribution in [2.45, 2.75) is 13.8 Å². The number of allylic oxidation sites excluding steroid dienone is 4. The number of aryl methyl sites for hydroxylation is 1. The molecule has 0 saturated heterocycles. The summed E-state index contributed by atoms with van der Waals surface area (Å²) in [6.07, 6.45) is 8.60. The van der Waals surface area contributed by atoms with E-state index in [2.05, 4.69) is 20.7 Å². The van der Waals surface area contributed by atoms with Gasteiger partial charge in [0.05, 0.1) is 16.8 Å². The second kappa shape index (κ2) is 5.34. The summed E-state index contributed by atoms with van der Waals surface area (Å²) in [4.78, 5) is 22.7. The van der Waals surface area contributed by atoms with Gasteiger partial charge in [-0.25, -0.2) is 5.43 Å². The fourth-order valence-corrected chi connectivity index (χ4v) is 1.64. The number of aromatic amines is 2. The first-order chi connectivity index (χ1) is 9.09. The Balaban J connectivity index is 2.06. The quantitative estimate of drug-likeness (QED) is 0.558. The standard InChI is InChI=1S/C13H14N4O2/c1-8-10(12(18)16-14-8)6-4-3-5-7-11-9(2)15-17-13(11)19/h3-7H,1-2H3,(H,16,18)(H2,15,17,19)/b4-3?,7-5?,10-6-. The Hall–Kier alpha value is -2.63. The molecule has 1 aromatic heterocycles. The van der Waals surface area contributed by atoms with E-state index in [-0.39, 0.29) is 11.5 Å². The number of hydrazone groups is 1. The van der Waals surface area contributed by atoms with Crippen LogP contribution in [0.15, 0.2) is 39.8 Å². The lowest BCUT2D eigenvalue weighted by Crippen LogP contribution is -2.12. The van der Waals surface area contributed by atoms with E-state index in [1.165, 1.54) is 0 Å². The van der Waals surface area contributed by atoms with E-state index >= 15 is 0 Å². The number of nitrogens with one attached hydrogen (secondary N) is 3. The predicted molar refractivity (Wildman–Crippen MR) is 73.7 cm³/mol. The van der Waals surface area contributed by atoms with E-state index in [0.717, 1.165) is 5.69 Å². The molecular formula is C13H14N4O2. The first kappa shape index (κ1) is 12.8. The number of rotatable bonds is 3. The Bertz CT molecular complexity index is 671. The number of carbonyl (C=O) groups is 1. The molecule has 6 nitrogen and oxygen atoms in total. The van der Waals surface area contributed by atoms with E-state index in [4.69, 9.17) is 0 Å². The second-order valence-electron chi connectivity index (χ2n) is 4.08. The fraction of sp³-hybridized carbons (Fsp3) is 0.154. The van der Waals surface area contributed by atoms with E-state index in [1.54, 1.807) is 37.3 Å². The van der Waals surface area contributed by atoms with Crippen LogP contribution in [-0.2, 0) is 4.79 Å². The van der Waals surface area contributed by atoms with Crippen LogP contribution < -0.4 is 11.0 Å². The maximum Gasteiger partial charge on any atom is 0.273 e. The Morgan fingerprint density at radius 3 is 2.42 bits per heavy atom. The Labute approximate surface area is 109 Å². The summed E-state index contributed by atoms with van der Waals surface area (Å²) in [7, 11) is 0. The summed E-state index contributed by atoms with van der Waals surface area (Å²) in [5, 5.41) is 9.05. The normalized spacial score (nSPS) is 17.7. The third-order valence-electron chi connectivity index (χ3n) is 2.72. The van der Waals surface area contributed by atoms with Crippen LogP contribution in [0.5, 0.6) is 0 Å². The van der Waals surface area contributed by atoms with Crippen LogP contribution in [0, 0.1) is 6.92 Å². The summed E-state index contributed by atoms with van der Waals surface area (Å²) in [5.74, 6) is -0.205. The minimum Gasteiger partial charge on any atom is -0.302 e. The van der Waals surface area contributed by atoms with Gasteiger partial charge in [-0.2, -0.15) is 5.10 Å². The van der Waals surface area contributed by atoms with Crippen LogP contribution in [0.3, 0.4) is 0 Å². The number of hydrogen-bond acceptors (Lipinski definition) is 3. The van der Waals surface area contributed by atoms with E-state index in [9.17, 15) is 9.59 Å². The monoisotopic (exact) mass is 258 g/mol. The van der Waals surface area contributed by atoms with Crippen LogP contribution in [0.4, 0.5) is 0 Å². The summed E-state index contributed by atoms with van der Waals surface area (Å²) in [5.41, 5.74) is 4.80. The molecule has 0 aromatic carbocycles. The number of amides is 1. The van der Waals surface area contributed by atoms with Gasteiger partial charge in [-0.1, -0.05) is 18.2 Å². The highest BCUT2D eigenvalue weighted by atomic mass is 16.2. The molecule has 1 aliphatic heterocycles. The molecule has 0 bridgehead atoms. The Kier molecular flexibility index (Phi) is 3.61. The zero-order valence-corrected chi connectivity index (χ0v) is 10.7. The largest absolute Gasteiger partial charge is 0.302 e. The number of H-pyrrole nitrogens is 2. The molecule has 0 fully saturated rings. The third-order valence-corrected chi connectivity index (χ3v) is 2.72. The molecule has 98 valence electrons. The molecule has 1 aliphatic rings. The van der Waals surface area contributed by atoms with E-state index in [0.29, 0.717) is 16.8 Å². The average Bonchev–Trinajstić information content (AvgIpc) is 2.86. The molecule has 0 atom stereocenters. The fourth-order valence-electron chi connectivity index (χ4n) is 1.64. The third kappa shape index (κ3) is 2.79. The van der Waals surface area contributed by atoms with Crippen molar-refractivity contribution in [1.29, 1.82) is 0 Å². The molecule has 0 radical (unpaired) electrons. The van der Waals surface area contributed by atoms with Crippen LogP contribution in [0.25, 0.3) is 6.08 Å². The highest BCUT2D eigenvalue weighted by molar-refractivity contribution is 6.24. The number of hydrogen-bond donors (Lipinski definition) is 3. The molecule has 6 heteroatoms. The van der Waals surface area contributed by atoms with Gasteiger partial charge in [0.2, 0.25) is 0 Å². The number of aromatic nitrogens is 2. The number of nitrogens with zero attached hydrogens (tertiary/aromatic N) is 1. The summed E-state index contributed by atoms with van der Waals surface area (Å²) >= 11 is 0. The maximum atomic E-state index is 11.4. The summed E-state index contributed by atoms with van der Waals surface area (Å²) in [6.45, 7) is 3.57. The van der Waals surface area contributed by atoms with Crippen LogP contribution in [-0.4, -0.2) is 21.8 Å². The average molecular weight is 258 g/mol. The van der Waals surface area contributed by atoms with Gasteiger partial charge >= 0.3 is 0 Å². The van der Waals surface area contributed by atoms with Gasteiger partial charge in [-0.3, -0.25) is 14.7 Å². The zero-order chi connectivity index (χ0) is 13.8. The predicted octanol–water partition coefficient (Wildman–Crippen LogP) is 1.01. The molecular weight excluding hydrogens is 244 g/mol. The van der Waals surface area contributed by atoms with Gasteiger partial charge in [-0.15, -0.1) is 0 Å². The smallest absolute Gasteiger partial charge is 0.273 e. The first-order valence-electron chi connectivity index (χ1n) is 5.77. The summed E-state index contributed by atoms with van der Waals surface area (Å²) in [6, 6.07) is 0. The summed E-state index contributed by atoms with van der Waals surface area (Å²) < 4.78 is 0. The van der Waals surface area contributed by atoms with Gasteiger partial charge in [0, 0.05) is 5.69 Å². The molecule has 0 spiro atoms. The van der Waals surface area contributed by atoms with Crippen molar-refractivity contribution in [1.82, 2.24) is 15.6 Å². The van der Waals surface area contributed by atoms with Gasteiger partial charge < -0.3 is 5.10 Å². The maximum absolute atomic E-state index is 11.4.